The highest BCUT2D eigenvalue weighted by Crippen LogP contribution is 2.32. The highest BCUT2D eigenvalue weighted by molar-refractivity contribution is 6.31. The first-order chi connectivity index (χ1) is 8.06. The lowest BCUT2D eigenvalue weighted by atomic mass is 9.95. The Bertz CT molecular complexity index is 425. The number of halogens is 1. The molecule has 0 bridgehead atoms. The Morgan fingerprint density at radius 1 is 1.41 bits per heavy atom. The van der Waals surface area contributed by atoms with Gasteiger partial charge in [-0.25, -0.2) is 0 Å². The number of hydrogen-bond donors (Lipinski definition) is 0. The van der Waals surface area contributed by atoms with Crippen LogP contribution in [-0.4, -0.2) is 5.78 Å². The van der Waals surface area contributed by atoms with Gasteiger partial charge in [0.2, 0.25) is 0 Å². The van der Waals surface area contributed by atoms with Crippen LogP contribution in [0.3, 0.4) is 0 Å². The molecular formula is C15H19ClO. The molecule has 1 saturated carbocycles. The summed E-state index contributed by atoms with van der Waals surface area (Å²) < 4.78 is 0. The molecule has 0 aromatic heterocycles. The fourth-order valence-corrected chi connectivity index (χ4v) is 2.93. The molecule has 92 valence electrons. The van der Waals surface area contributed by atoms with Gasteiger partial charge >= 0.3 is 0 Å². The largest absolute Gasteiger partial charge is 0.299 e. The molecule has 1 aliphatic carbocycles. The van der Waals surface area contributed by atoms with Gasteiger partial charge in [0.25, 0.3) is 0 Å². The van der Waals surface area contributed by atoms with Crippen LogP contribution in [0.5, 0.6) is 0 Å². The molecular weight excluding hydrogens is 232 g/mol. The fraction of sp³-hybridized carbons (Fsp3) is 0.533. The Labute approximate surface area is 108 Å². The minimum absolute atomic E-state index is 0.266. The van der Waals surface area contributed by atoms with Crippen LogP contribution in [0.4, 0.5) is 0 Å². The van der Waals surface area contributed by atoms with Crippen LogP contribution in [0.2, 0.25) is 5.02 Å². The van der Waals surface area contributed by atoms with Crippen molar-refractivity contribution in [3.8, 4) is 0 Å². The van der Waals surface area contributed by atoms with Crippen molar-refractivity contribution in [2.24, 2.45) is 11.8 Å². The molecule has 2 atom stereocenters. The van der Waals surface area contributed by atoms with Crippen LogP contribution in [0.1, 0.15) is 37.3 Å². The van der Waals surface area contributed by atoms with Gasteiger partial charge in [-0.15, -0.1) is 0 Å². The van der Waals surface area contributed by atoms with E-state index in [4.69, 9.17) is 11.6 Å². The summed E-state index contributed by atoms with van der Waals surface area (Å²) >= 11 is 6.16. The molecule has 0 saturated heterocycles. The monoisotopic (exact) mass is 250 g/mol. The van der Waals surface area contributed by atoms with Crippen molar-refractivity contribution in [1.82, 2.24) is 0 Å². The van der Waals surface area contributed by atoms with Crippen LogP contribution in [-0.2, 0) is 11.2 Å². The summed E-state index contributed by atoms with van der Waals surface area (Å²) in [5.41, 5.74) is 2.11. The zero-order chi connectivity index (χ0) is 12.4. The Morgan fingerprint density at radius 3 is 2.76 bits per heavy atom. The lowest BCUT2D eigenvalue weighted by Gasteiger charge is -2.10. The average Bonchev–Trinajstić information content (AvgIpc) is 2.69. The summed E-state index contributed by atoms with van der Waals surface area (Å²) in [4.78, 5) is 12.1. The van der Waals surface area contributed by atoms with Gasteiger partial charge in [0.1, 0.15) is 5.78 Å². The van der Waals surface area contributed by atoms with Gasteiger partial charge < -0.3 is 0 Å². The molecule has 17 heavy (non-hydrogen) atoms. The molecule has 0 spiro atoms. The molecule has 0 heterocycles. The van der Waals surface area contributed by atoms with Gasteiger partial charge in [0.15, 0.2) is 0 Å². The summed E-state index contributed by atoms with van der Waals surface area (Å²) in [6.07, 6.45) is 3.81. The number of aryl methyl sites for hydroxylation is 1. The molecule has 1 aromatic rings. The summed E-state index contributed by atoms with van der Waals surface area (Å²) in [5, 5.41) is 0.726. The topological polar surface area (TPSA) is 17.1 Å². The minimum atomic E-state index is 0.266. The Morgan fingerprint density at radius 2 is 2.18 bits per heavy atom. The molecule has 2 rings (SSSR count). The van der Waals surface area contributed by atoms with E-state index in [9.17, 15) is 4.79 Å². The number of carbonyl (C=O) groups excluding carboxylic acids is 1. The van der Waals surface area contributed by atoms with E-state index >= 15 is 0 Å². The maximum absolute atomic E-state index is 12.1. The predicted octanol–water partition coefficient (Wildman–Crippen LogP) is 4.20. The van der Waals surface area contributed by atoms with Gasteiger partial charge in [0.05, 0.1) is 0 Å². The third-order valence-electron chi connectivity index (χ3n) is 3.72. The smallest absolute Gasteiger partial charge is 0.140 e. The van der Waals surface area contributed by atoms with Gasteiger partial charge in [0, 0.05) is 17.4 Å². The van der Waals surface area contributed by atoms with Crippen LogP contribution in [0.25, 0.3) is 0 Å². The van der Waals surface area contributed by atoms with Crippen molar-refractivity contribution >= 4 is 17.4 Å². The Balaban J connectivity index is 2.03. The van der Waals surface area contributed by atoms with Crippen molar-refractivity contribution in [1.29, 1.82) is 0 Å². The van der Waals surface area contributed by atoms with Gasteiger partial charge in [-0.1, -0.05) is 30.7 Å². The van der Waals surface area contributed by atoms with E-state index in [2.05, 4.69) is 6.92 Å². The second kappa shape index (κ2) is 5.22. The molecule has 2 unspecified atom stereocenters. The van der Waals surface area contributed by atoms with Crippen LogP contribution < -0.4 is 0 Å². The summed E-state index contributed by atoms with van der Waals surface area (Å²) in [7, 11) is 0. The SMILES string of the molecule is Cc1ccc(CC(=O)C2CCC(C)C2)c(Cl)c1. The quantitative estimate of drug-likeness (QED) is 0.786. The van der Waals surface area contributed by atoms with Crippen LogP contribution >= 0.6 is 11.6 Å². The van der Waals surface area contributed by atoms with Crippen molar-refractivity contribution < 1.29 is 4.79 Å². The molecule has 0 radical (unpaired) electrons. The molecule has 1 nitrogen and oxygen atoms in total. The number of carbonyl (C=O) groups is 1. The van der Waals surface area contributed by atoms with E-state index in [-0.39, 0.29) is 5.92 Å². The number of ketones is 1. The number of rotatable bonds is 3. The predicted molar refractivity (Wildman–Crippen MR) is 71.4 cm³/mol. The maximum Gasteiger partial charge on any atom is 0.140 e. The Hall–Kier alpha value is -0.820. The third-order valence-corrected chi connectivity index (χ3v) is 4.08. The molecule has 0 amide bonds. The zero-order valence-corrected chi connectivity index (χ0v) is 11.3. The third kappa shape index (κ3) is 3.10. The van der Waals surface area contributed by atoms with Crippen molar-refractivity contribution in [3.63, 3.8) is 0 Å². The van der Waals surface area contributed by atoms with Gasteiger partial charge in [-0.05, 0) is 49.3 Å². The average molecular weight is 251 g/mol. The first kappa shape index (κ1) is 12.6. The fourth-order valence-electron chi connectivity index (χ4n) is 2.63. The number of hydrogen-bond acceptors (Lipinski definition) is 1. The molecule has 1 aromatic carbocycles. The van der Waals surface area contributed by atoms with Crippen molar-refractivity contribution in [2.45, 2.75) is 39.5 Å². The van der Waals surface area contributed by atoms with E-state index in [1.165, 1.54) is 6.42 Å². The summed E-state index contributed by atoms with van der Waals surface area (Å²) in [6.45, 7) is 4.24. The second-order valence-corrected chi connectivity index (χ2v) is 5.76. The first-order valence-electron chi connectivity index (χ1n) is 6.34. The van der Waals surface area contributed by atoms with Crippen molar-refractivity contribution in [3.05, 3.63) is 34.3 Å². The molecule has 0 aliphatic heterocycles. The van der Waals surface area contributed by atoms with E-state index in [0.717, 1.165) is 29.0 Å². The van der Waals surface area contributed by atoms with E-state index in [0.29, 0.717) is 18.1 Å². The molecule has 0 N–H and O–H groups in total. The minimum Gasteiger partial charge on any atom is -0.299 e. The van der Waals surface area contributed by atoms with E-state index < -0.39 is 0 Å². The molecule has 1 fully saturated rings. The normalized spacial score (nSPS) is 23.9. The lowest BCUT2D eigenvalue weighted by Crippen LogP contribution is -2.14. The standard InChI is InChI=1S/C15H19ClO/c1-10-4-6-13(7-10)15(17)9-12-5-3-11(2)8-14(12)16/h3,5,8,10,13H,4,6-7,9H2,1-2H3. The van der Waals surface area contributed by atoms with E-state index in [1.54, 1.807) is 0 Å². The van der Waals surface area contributed by atoms with Crippen LogP contribution in [0.15, 0.2) is 18.2 Å². The Kier molecular flexibility index (Phi) is 3.88. The maximum atomic E-state index is 12.1. The number of Topliss-reactive ketones (excluding diaryl/α,β-unsaturated/α-hetero) is 1. The summed E-state index contributed by atoms with van der Waals surface area (Å²) in [5.74, 6) is 1.33. The van der Waals surface area contributed by atoms with Crippen LogP contribution in [0, 0.1) is 18.8 Å². The van der Waals surface area contributed by atoms with Gasteiger partial charge in [-0.3, -0.25) is 4.79 Å². The first-order valence-corrected chi connectivity index (χ1v) is 6.72. The molecule has 2 heteroatoms. The van der Waals surface area contributed by atoms with E-state index in [1.807, 2.05) is 25.1 Å². The number of benzene rings is 1. The zero-order valence-electron chi connectivity index (χ0n) is 10.5. The van der Waals surface area contributed by atoms with Crippen molar-refractivity contribution in [2.75, 3.05) is 0 Å². The lowest BCUT2D eigenvalue weighted by molar-refractivity contribution is -0.122. The second-order valence-electron chi connectivity index (χ2n) is 5.35. The highest BCUT2D eigenvalue weighted by atomic mass is 35.5. The highest BCUT2D eigenvalue weighted by Gasteiger charge is 2.27. The van der Waals surface area contributed by atoms with Gasteiger partial charge in [-0.2, -0.15) is 0 Å². The summed E-state index contributed by atoms with van der Waals surface area (Å²) in [6, 6.07) is 5.93. The molecule has 1 aliphatic rings.